The van der Waals surface area contributed by atoms with Crippen LogP contribution in [0.15, 0.2) is 24.3 Å². The minimum Gasteiger partial charge on any atom is -0.497 e. The van der Waals surface area contributed by atoms with Crippen LogP contribution in [0.2, 0.25) is 0 Å². The maximum atomic E-state index is 12.8. The summed E-state index contributed by atoms with van der Waals surface area (Å²) in [4.78, 5) is 14.9. The van der Waals surface area contributed by atoms with Crippen molar-refractivity contribution in [2.75, 3.05) is 26.7 Å². The largest absolute Gasteiger partial charge is 0.497 e. The van der Waals surface area contributed by atoms with E-state index in [0.717, 1.165) is 31.8 Å². The predicted octanol–water partition coefficient (Wildman–Crippen LogP) is 3.50. The van der Waals surface area contributed by atoms with Gasteiger partial charge in [-0.05, 0) is 75.7 Å². The van der Waals surface area contributed by atoms with E-state index in [9.17, 15) is 4.79 Å². The summed E-state index contributed by atoms with van der Waals surface area (Å²) in [7, 11) is 1.68. The summed E-state index contributed by atoms with van der Waals surface area (Å²) in [5, 5.41) is 3.41. The third-order valence-electron chi connectivity index (χ3n) is 5.57. The minimum atomic E-state index is 0.214. The van der Waals surface area contributed by atoms with Crippen molar-refractivity contribution < 1.29 is 9.53 Å². The van der Waals surface area contributed by atoms with Gasteiger partial charge in [0.25, 0.3) is 0 Å². The second kappa shape index (κ2) is 9.81. The highest BCUT2D eigenvalue weighted by atomic mass is 16.5. The van der Waals surface area contributed by atoms with Gasteiger partial charge in [-0.25, -0.2) is 0 Å². The van der Waals surface area contributed by atoms with Gasteiger partial charge in [0.15, 0.2) is 0 Å². The number of hydrogen-bond acceptors (Lipinski definition) is 3. The molecular weight excluding hydrogens is 312 g/mol. The smallest absolute Gasteiger partial charge is 0.223 e. The topological polar surface area (TPSA) is 41.6 Å². The first-order valence-corrected chi connectivity index (χ1v) is 9.68. The Labute approximate surface area is 152 Å². The van der Waals surface area contributed by atoms with Crippen molar-refractivity contribution in [3.05, 3.63) is 29.8 Å². The monoisotopic (exact) mass is 346 g/mol. The molecule has 2 atom stereocenters. The zero-order valence-electron chi connectivity index (χ0n) is 16.3. The molecule has 2 unspecified atom stereocenters. The molecule has 1 N–H and O–H groups in total. The summed E-state index contributed by atoms with van der Waals surface area (Å²) in [5.74, 6) is 2.32. The van der Waals surface area contributed by atoms with Gasteiger partial charge in [0.2, 0.25) is 5.91 Å². The van der Waals surface area contributed by atoms with E-state index in [-0.39, 0.29) is 6.04 Å². The molecule has 0 aliphatic carbocycles. The Bertz CT molecular complexity index is 523. The molecule has 4 heteroatoms. The quantitative estimate of drug-likeness (QED) is 0.783. The lowest BCUT2D eigenvalue weighted by Crippen LogP contribution is -2.41. The number of nitrogens with one attached hydrogen (secondary N) is 1. The highest BCUT2D eigenvalue weighted by molar-refractivity contribution is 5.76. The van der Waals surface area contributed by atoms with Gasteiger partial charge < -0.3 is 15.0 Å². The van der Waals surface area contributed by atoms with Crippen LogP contribution in [0.4, 0.5) is 0 Å². The molecule has 1 aliphatic heterocycles. The third kappa shape index (κ3) is 5.74. The molecule has 1 amide bonds. The average Bonchev–Trinajstić information content (AvgIpc) is 2.63. The fraction of sp³-hybridized carbons (Fsp3) is 0.667. The lowest BCUT2D eigenvalue weighted by molar-refractivity contribution is -0.134. The predicted molar refractivity (Wildman–Crippen MR) is 103 cm³/mol. The molecule has 0 bridgehead atoms. The number of nitrogens with zero attached hydrogens (tertiary/aromatic N) is 1. The molecule has 25 heavy (non-hydrogen) atoms. The van der Waals surface area contributed by atoms with E-state index in [1.165, 1.54) is 18.4 Å². The van der Waals surface area contributed by atoms with E-state index >= 15 is 0 Å². The zero-order valence-corrected chi connectivity index (χ0v) is 16.3. The molecule has 1 aliphatic rings. The van der Waals surface area contributed by atoms with Crippen LogP contribution in [-0.2, 0) is 11.2 Å². The Kier molecular flexibility index (Phi) is 7.76. The molecule has 140 valence electrons. The molecule has 1 aromatic carbocycles. The van der Waals surface area contributed by atoms with Crippen LogP contribution >= 0.6 is 0 Å². The Balaban J connectivity index is 1.90. The molecule has 1 aromatic rings. The van der Waals surface area contributed by atoms with Crippen molar-refractivity contribution in [2.45, 2.75) is 52.5 Å². The van der Waals surface area contributed by atoms with Gasteiger partial charge >= 0.3 is 0 Å². The maximum Gasteiger partial charge on any atom is 0.223 e. The highest BCUT2D eigenvalue weighted by Crippen LogP contribution is 2.25. The lowest BCUT2D eigenvalue weighted by atomic mass is 9.84. The standard InChI is InChI=1S/C21H34N2O2/c1-5-23(17(3)15-18-6-8-20(25-4)9-7-18)21(24)14-16(2)19-10-12-22-13-11-19/h6-9,16-17,19,22H,5,10-15H2,1-4H3. The zero-order chi connectivity index (χ0) is 18.2. The summed E-state index contributed by atoms with van der Waals surface area (Å²) < 4.78 is 5.21. The molecule has 1 fully saturated rings. The summed E-state index contributed by atoms with van der Waals surface area (Å²) >= 11 is 0. The van der Waals surface area contributed by atoms with Gasteiger partial charge in [0.05, 0.1) is 7.11 Å². The number of methoxy groups -OCH3 is 1. The number of rotatable bonds is 8. The maximum absolute atomic E-state index is 12.8. The van der Waals surface area contributed by atoms with Crippen LogP contribution in [0.25, 0.3) is 0 Å². The molecular formula is C21H34N2O2. The molecule has 0 radical (unpaired) electrons. The average molecular weight is 347 g/mol. The summed E-state index contributed by atoms with van der Waals surface area (Å²) in [6.45, 7) is 9.44. The van der Waals surface area contributed by atoms with Crippen LogP contribution in [-0.4, -0.2) is 43.6 Å². The first-order chi connectivity index (χ1) is 12.0. The van der Waals surface area contributed by atoms with Crippen molar-refractivity contribution in [3.63, 3.8) is 0 Å². The number of benzene rings is 1. The van der Waals surface area contributed by atoms with E-state index in [2.05, 4.69) is 38.2 Å². The molecule has 1 saturated heterocycles. The van der Waals surface area contributed by atoms with Crippen LogP contribution in [0.3, 0.4) is 0 Å². The van der Waals surface area contributed by atoms with Gasteiger partial charge in [0, 0.05) is 19.0 Å². The first-order valence-electron chi connectivity index (χ1n) is 9.68. The van der Waals surface area contributed by atoms with E-state index in [1.54, 1.807) is 7.11 Å². The Morgan fingerprint density at radius 1 is 1.24 bits per heavy atom. The highest BCUT2D eigenvalue weighted by Gasteiger charge is 2.25. The summed E-state index contributed by atoms with van der Waals surface area (Å²) in [6.07, 6.45) is 3.95. The van der Waals surface area contributed by atoms with Crippen molar-refractivity contribution in [3.8, 4) is 5.75 Å². The molecule has 0 aromatic heterocycles. The second-order valence-electron chi connectivity index (χ2n) is 7.35. The van der Waals surface area contributed by atoms with Crippen molar-refractivity contribution in [2.24, 2.45) is 11.8 Å². The van der Waals surface area contributed by atoms with Crippen LogP contribution in [0.1, 0.15) is 45.6 Å². The molecule has 2 rings (SSSR count). The van der Waals surface area contributed by atoms with Crippen LogP contribution < -0.4 is 10.1 Å². The fourth-order valence-corrected chi connectivity index (χ4v) is 3.92. The number of hydrogen-bond donors (Lipinski definition) is 1. The van der Waals surface area contributed by atoms with Gasteiger partial charge in [0.1, 0.15) is 5.75 Å². The van der Waals surface area contributed by atoms with Crippen LogP contribution in [0, 0.1) is 11.8 Å². The second-order valence-corrected chi connectivity index (χ2v) is 7.35. The Morgan fingerprint density at radius 3 is 2.44 bits per heavy atom. The van der Waals surface area contributed by atoms with E-state index < -0.39 is 0 Å². The van der Waals surface area contributed by atoms with Crippen molar-refractivity contribution >= 4 is 5.91 Å². The summed E-state index contributed by atoms with van der Waals surface area (Å²) in [6, 6.07) is 8.36. The molecule has 1 heterocycles. The summed E-state index contributed by atoms with van der Waals surface area (Å²) in [5.41, 5.74) is 1.24. The third-order valence-corrected chi connectivity index (χ3v) is 5.57. The number of carbonyl (C=O) groups excluding carboxylic acids is 1. The lowest BCUT2D eigenvalue weighted by Gasteiger charge is -2.32. The molecule has 0 saturated carbocycles. The van der Waals surface area contributed by atoms with E-state index in [4.69, 9.17) is 4.74 Å². The normalized spacial score (nSPS) is 17.8. The number of amides is 1. The van der Waals surface area contributed by atoms with Gasteiger partial charge in [-0.1, -0.05) is 19.1 Å². The Hall–Kier alpha value is -1.55. The van der Waals surface area contributed by atoms with Crippen LogP contribution in [0.5, 0.6) is 5.75 Å². The van der Waals surface area contributed by atoms with Gasteiger partial charge in [-0.15, -0.1) is 0 Å². The molecule has 4 nitrogen and oxygen atoms in total. The minimum absolute atomic E-state index is 0.214. The van der Waals surface area contributed by atoms with Crippen molar-refractivity contribution in [1.82, 2.24) is 10.2 Å². The first kappa shape index (κ1) is 19.8. The number of likely N-dealkylation sites (N-methyl/N-ethyl adjacent to an activating group) is 1. The fourth-order valence-electron chi connectivity index (χ4n) is 3.92. The Morgan fingerprint density at radius 2 is 1.88 bits per heavy atom. The van der Waals surface area contributed by atoms with E-state index in [0.29, 0.717) is 24.2 Å². The number of ether oxygens (including phenoxy) is 1. The van der Waals surface area contributed by atoms with Gasteiger partial charge in [-0.2, -0.15) is 0 Å². The SMILES string of the molecule is CCN(C(=O)CC(C)C1CCNCC1)C(C)Cc1ccc(OC)cc1. The van der Waals surface area contributed by atoms with E-state index in [1.807, 2.05) is 17.0 Å². The van der Waals surface area contributed by atoms with Gasteiger partial charge in [-0.3, -0.25) is 4.79 Å². The van der Waals surface area contributed by atoms with Crippen molar-refractivity contribution in [1.29, 1.82) is 0 Å². The number of piperidine rings is 1. The molecule has 0 spiro atoms. The number of carbonyl (C=O) groups is 1.